The highest BCUT2D eigenvalue weighted by atomic mass is 79.9. The van der Waals surface area contributed by atoms with E-state index in [4.69, 9.17) is 10.2 Å². The number of hydrogen-bond acceptors (Lipinski definition) is 2. The third kappa shape index (κ3) is 1.93. The van der Waals surface area contributed by atoms with E-state index in [1.165, 1.54) is 18.2 Å². The van der Waals surface area contributed by atoms with Crippen molar-refractivity contribution in [1.29, 1.82) is 0 Å². The van der Waals surface area contributed by atoms with E-state index in [-0.39, 0.29) is 22.0 Å². The molecule has 0 aliphatic carbocycles. The van der Waals surface area contributed by atoms with E-state index >= 15 is 0 Å². The molecule has 0 saturated heterocycles. The maximum absolute atomic E-state index is 10.7. The number of halogens is 1. The first-order valence-corrected chi connectivity index (χ1v) is 4.84. The Labute approximate surface area is 88.3 Å². The predicted octanol–water partition coefficient (Wildman–Crippen LogP) is 1.98. The number of carboxylic acid groups (broad SMARTS) is 2. The van der Waals surface area contributed by atoms with Crippen LogP contribution in [-0.4, -0.2) is 22.2 Å². The van der Waals surface area contributed by atoms with Crippen LogP contribution in [0.5, 0.6) is 0 Å². The zero-order valence-electron chi connectivity index (χ0n) is 7.03. The molecule has 0 aliphatic heterocycles. The third-order valence-corrected chi connectivity index (χ3v) is 2.33. The highest BCUT2D eigenvalue weighted by molar-refractivity contribution is 9.08. The Hall–Kier alpha value is -1.36. The lowest BCUT2D eigenvalue weighted by Gasteiger charge is -2.05. The monoisotopic (exact) mass is 258 g/mol. The molecule has 1 aromatic rings. The number of carbonyl (C=O) groups is 2. The SMILES string of the molecule is O=C(O)c1cccc(C(=O)O)c1CBr. The molecule has 0 fully saturated rings. The molecule has 0 radical (unpaired) electrons. The summed E-state index contributed by atoms with van der Waals surface area (Å²) >= 11 is 3.07. The Morgan fingerprint density at radius 2 is 1.57 bits per heavy atom. The van der Waals surface area contributed by atoms with Crippen molar-refractivity contribution in [2.24, 2.45) is 0 Å². The Bertz CT molecular complexity index is 354. The number of alkyl halides is 1. The summed E-state index contributed by atoms with van der Waals surface area (Å²) in [5.74, 6) is -2.25. The van der Waals surface area contributed by atoms with Crippen LogP contribution >= 0.6 is 15.9 Å². The smallest absolute Gasteiger partial charge is 0.336 e. The molecule has 0 bridgehead atoms. The van der Waals surface area contributed by atoms with Gasteiger partial charge in [-0.2, -0.15) is 0 Å². The molecule has 0 amide bonds. The quantitative estimate of drug-likeness (QED) is 0.814. The normalized spacial score (nSPS) is 9.79. The average molecular weight is 259 g/mol. The summed E-state index contributed by atoms with van der Waals surface area (Å²) < 4.78 is 0. The first-order valence-electron chi connectivity index (χ1n) is 3.72. The van der Waals surface area contributed by atoms with Crippen LogP contribution in [0.2, 0.25) is 0 Å². The molecular weight excluding hydrogens is 252 g/mol. The highest BCUT2D eigenvalue weighted by Crippen LogP contribution is 2.18. The van der Waals surface area contributed by atoms with Crippen molar-refractivity contribution in [3.05, 3.63) is 34.9 Å². The number of rotatable bonds is 3. The van der Waals surface area contributed by atoms with E-state index in [0.29, 0.717) is 0 Å². The van der Waals surface area contributed by atoms with Crippen LogP contribution in [-0.2, 0) is 5.33 Å². The van der Waals surface area contributed by atoms with Crippen LogP contribution in [0, 0.1) is 0 Å². The average Bonchev–Trinajstić information content (AvgIpc) is 2.16. The second-order valence-electron chi connectivity index (χ2n) is 2.58. The van der Waals surface area contributed by atoms with Gasteiger partial charge in [0.05, 0.1) is 11.1 Å². The molecule has 0 unspecified atom stereocenters. The van der Waals surface area contributed by atoms with Crippen molar-refractivity contribution in [3.8, 4) is 0 Å². The standard InChI is InChI=1S/C9H7BrO4/c10-4-7-5(8(11)12)2-1-3-6(7)9(13)14/h1-3H,4H2,(H,11,12)(H,13,14). The molecule has 0 saturated carbocycles. The predicted molar refractivity (Wildman–Crippen MR) is 53.0 cm³/mol. The Balaban J connectivity index is 3.39. The van der Waals surface area contributed by atoms with E-state index in [1.807, 2.05) is 0 Å². The van der Waals surface area contributed by atoms with Crippen LogP contribution in [0.3, 0.4) is 0 Å². The molecule has 0 atom stereocenters. The van der Waals surface area contributed by atoms with E-state index < -0.39 is 11.9 Å². The highest BCUT2D eigenvalue weighted by Gasteiger charge is 2.16. The van der Waals surface area contributed by atoms with Gasteiger partial charge in [-0.3, -0.25) is 0 Å². The van der Waals surface area contributed by atoms with Gasteiger partial charge in [0.1, 0.15) is 0 Å². The Kier molecular flexibility index (Phi) is 3.24. The molecule has 0 spiro atoms. The van der Waals surface area contributed by atoms with Crippen LogP contribution in [0.4, 0.5) is 0 Å². The molecule has 0 aromatic heterocycles. The molecule has 0 heterocycles. The lowest BCUT2D eigenvalue weighted by Crippen LogP contribution is -2.08. The molecule has 1 rings (SSSR count). The zero-order valence-corrected chi connectivity index (χ0v) is 8.61. The van der Waals surface area contributed by atoms with Crippen molar-refractivity contribution in [1.82, 2.24) is 0 Å². The van der Waals surface area contributed by atoms with Crippen molar-refractivity contribution in [3.63, 3.8) is 0 Å². The summed E-state index contributed by atoms with van der Waals surface area (Å²) in [6.45, 7) is 0. The first-order chi connectivity index (χ1) is 6.57. The molecule has 2 N–H and O–H groups in total. The maximum Gasteiger partial charge on any atom is 0.336 e. The van der Waals surface area contributed by atoms with Gasteiger partial charge in [-0.15, -0.1) is 0 Å². The summed E-state index contributed by atoms with van der Waals surface area (Å²) in [6.07, 6.45) is 0. The van der Waals surface area contributed by atoms with E-state index in [2.05, 4.69) is 15.9 Å². The summed E-state index contributed by atoms with van der Waals surface area (Å²) in [6, 6.07) is 4.18. The summed E-state index contributed by atoms with van der Waals surface area (Å²) in [5, 5.41) is 17.8. The minimum Gasteiger partial charge on any atom is -0.478 e. The van der Waals surface area contributed by atoms with Crippen molar-refractivity contribution in [2.45, 2.75) is 5.33 Å². The van der Waals surface area contributed by atoms with Gasteiger partial charge < -0.3 is 10.2 Å². The van der Waals surface area contributed by atoms with Gasteiger partial charge in [-0.05, 0) is 17.7 Å². The van der Waals surface area contributed by atoms with Crippen molar-refractivity contribution < 1.29 is 19.8 Å². The zero-order chi connectivity index (χ0) is 10.7. The molecule has 4 nitrogen and oxygen atoms in total. The van der Waals surface area contributed by atoms with Crippen LogP contribution in [0.25, 0.3) is 0 Å². The molecule has 5 heteroatoms. The summed E-state index contributed by atoms with van der Waals surface area (Å²) in [5.41, 5.74) is 0.316. The van der Waals surface area contributed by atoms with Gasteiger partial charge >= 0.3 is 11.9 Å². The maximum atomic E-state index is 10.7. The van der Waals surface area contributed by atoms with Gasteiger partial charge in [0.15, 0.2) is 0 Å². The van der Waals surface area contributed by atoms with Gasteiger partial charge in [-0.1, -0.05) is 22.0 Å². The molecule has 0 aliphatic rings. The third-order valence-electron chi connectivity index (χ3n) is 1.77. The molecule has 74 valence electrons. The van der Waals surface area contributed by atoms with E-state index in [0.717, 1.165) is 0 Å². The minimum atomic E-state index is -1.12. The van der Waals surface area contributed by atoms with E-state index in [9.17, 15) is 9.59 Å². The van der Waals surface area contributed by atoms with E-state index in [1.54, 1.807) is 0 Å². The first kappa shape index (κ1) is 10.7. The van der Waals surface area contributed by atoms with Crippen LogP contribution < -0.4 is 0 Å². The summed E-state index contributed by atoms with van der Waals surface area (Å²) in [4.78, 5) is 21.5. The van der Waals surface area contributed by atoms with Gasteiger partial charge in [0, 0.05) is 5.33 Å². The van der Waals surface area contributed by atoms with Crippen LogP contribution in [0.1, 0.15) is 26.3 Å². The number of hydrogen-bond donors (Lipinski definition) is 2. The Morgan fingerprint density at radius 3 is 1.86 bits per heavy atom. The van der Waals surface area contributed by atoms with Gasteiger partial charge in [0.25, 0.3) is 0 Å². The number of benzene rings is 1. The number of carboxylic acids is 2. The van der Waals surface area contributed by atoms with Gasteiger partial charge in [-0.25, -0.2) is 9.59 Å². The second-order valence-corrected chi connectivity index (χ2v) is 3.14. The molecular formula is C9H7BrO4. The van der Waals surface area contributed by atoms with Crippen molar-refractivity contribution >= 4 is 27.9 Å². The van der Waals surface area contributed by atoms with Gasteiger partial charge in [0.2, 0.25) is 0 Å². The Morgan fingerprint density at radius 1 is 1.14 bits per heavy atom. The molecule has 14 heavy (non-hydrogen) atoms. The summed E-state index contributed by atoms with van der Waals surface area (Å²) in [7, 11) is 0. The largest absolute Gasteiger partial charge is 0.478 e. The van der Waals surface area contributed by atoms with Crippen molar-refractivity contribution in [2.75, 3.05) is 0 Å². The fourth-order valence-corrected chi connectivity index (χ4v) is 1.74. The topological polar surface area (TPSA) is 74.6 Å². The lowest BCUT2D eigenvalue weighted by molar-refractivity contribution is 0.0696. The fourth-order valence-electron chi connectivity index (χ4n) is 1.13. The fraction of sp³-hybridized carbons (Fsp3) is 0.111. The second kappa shape index (κ2) is 4.23. The van der Waals surface area contributed by atoms with Crippen LogP contribution in [0.15, 0.2) is 18.2 Å². The molecule has 1 aromatic carbocycles. The lowest BCUT2D eigenvalue weighted by atomic mass is 10.0. The number of aromatic carboxylic acids is 2. The minimum absolute atomic E-state index is 0.0155.